The molecule has 0 fully saturated rings. The predicted molar refractivity (Wildman–Crippen MR) is 157 cm³/mol. The van der Waals surface area contributed by atoms with Gasteiger partial charge < -0.3 is 18.6 Å². The van der Waals surface area contributed by atoms with Crippen molar-refractivity contribution in [2.45, 2.75) is 13.0 Å². The van der Waals surface area contributed by atoms with Gasteiger partial charge in [-0.05, 0) is 60.5 Å². The first-order valence-corrected chi connectivity index (χ1v) is 13.7. The highest BCUT2D eigenvalue weighted by atomic mass is 32.1. The van der Waals surface area contributed by atoms with E-state index in [2.05, 4.69) is 18.2 Å². The van der Waals surface area contributed by atoms with Crippen LogP contribution in [0.2, 0.25) is 0 Å². The molecule has 4 aromatic rings. The van der Waals surface area contributed by atoms with Crippen molar-refractivity contribution in [3.63, 3.8) is 0 Å². The number of rotatable bonds is 10. The van der Waals surface area contributed by atoms with Crippen molar-refractivity contribution in [2.24, 2.45) is 4.99 Å². The quantitative estimate of drug-likeness (QED) is 0.155. The van der Waals surface area contributed by atoms with Crippen LogP contribution in [0.5, 0.6) is 11.5 Å². The van der Waals surface area contributed by atoms with Crippen LogP contribution in [0, 0.1) is 0 Å². The van der Waals surface area contributed by atoms with E-state index in [0.29, 0.717) is 33.0 Å². The molecule has 212 valence electrons. The van der Waals surface area contributed by atoms with E-state index in [1.54, 1.807) is 49.4 Å². The second kappa shape index (κ2) is 12.5. The summed E-state index contributed by atoms with van der Waals surface area (Å²) in [5.74, 6) is -0.241. The molecule has 5 rings (SSSR count). The highest BCUT2D eigenvalue weighted by Crippen LogP contribution is 2.32. The Hall–Kier alpha value is -5.22. The van der Waals surface area contributed by atoms with E-state index in [1.807, 2.05) is 24.3 Å². The molecule has 0 N–H and O–H groups in total. The van der Waals surface area contributed by atoms with Crippen LogP contribution in [0.15, 0.2) is 118 Å². The number of aromatic nitrogens is 1. The first kappa shape index (κ1) is 28.3. The third kappa shape index (κ3) is 5.93. The highest BCUT2D eigenvalue weighted by molar-refractivity contribution is 7.07. The molecule has 0 unspecified atom stereocenters. The predicted octanol–water partition coefficient (Wildman–Crippen LogP) is 4.34. The van der Waals surface area contributed by atoms with Gasteiger partial charge in [-0.15, -0.1) is 0 Å². The summed E-state index contributed by atoms with van der Waals surface area (Å²) in [5.41, 5.74) is 1.74. The normalized spacial score (nSPS) is 14.5. The van der Waals surface area contributed by atoms with Crippen LogP contribution >= 0.6 is 11.3 Å². The van der Waals surface area contributed by atoms with Crippen molar-refractivity contribution in [1.82, 2.24) is 4.57 Å². The van der Waals surface area contributed by atoms with Crippen molar-refractivity contribution in [1.29, 1.82) is 0 Å². The minimum absolute atomic E-state index is 0.000924. The maximum atomic E-state index is 13.8. The fraction of sp³-hybridized carbons (Fsp3) is 0.125. The van der Waals surface area contributed by atoms with Gasteiger partial charge in [-0.25, -0.2) is 14.6 Å². The van der Waals surface area contributed by atoms with Crippen molar-refractivity contribution in [3.05, 3.63) is 140 Å². The second-order valence-corrected chi connectivity index (χ2v) is 10.1. The summed E-state index contributed by atoms with van der Waals surface area (Å²) in [4.78, 5) is 44.4. The number of fused-ring (bicyclic) bond motifs is 1. The fourth-order valence-corrected chi connectivity index (χ4v) is 5.39. The lowest BCUT2D eigenvalue weighted by Crippen LogP contribution is -2.39. The monoisotopic (exact) mass is 582 g/mol. The third-order valence-corrected chi connectivity index (χ3v) is 7.23. The molecule has 0 radical (unpaired) electrons. The summed E-state index contributed by atoms with van der Waals surface area (Å²) in [6.45, 7) is 9.34. The smallest absolute Gasteiger partial charge is 0.379 e. The summed E-state index contributed by atoms with van der Waals surface area (Å²) in [6.07, 6.45) is 6.28. The van der Waals surface area contributed by atoms with Gasteiger partial charge in [0.15, 0.2) is 4.80 Å². The Labute approximate surface area is 244 Å². The summed E-state index contributed by atoms with van der Waals surface area (Å²) in [7, 11) is 0. The number of carbonyl (C=O) groups excluding carboxylic acids is 2. The van der Waals surface area contributed by atoms with Crippen LogP contribution in [-0.4, -0.2) is 29.7 Å². The van der Waals surface area contributed by atoms with Gasteiger partial charge in [0.05, 0.1) is 28.1 Å². The van der Waals surface area contributed by atoms with Gasteiger partial charge in [0.1, 0.15) is 24.7 Å². The lowest BCUT2D eigenvalue weighted by atomic mass is 9.96. The first-order valence-electron chi connectivity index (χ1n) is 12.9. The molecule has 0 saturated heterocycles. The SMILES string of the molecule is C=CCOC(=O)C1=C(C)N=c2s/c(=C/c3ccc(OCC=C)cc3)c(=O)n2[C@H]1c1ccc(OC(=O)c2ccco2)cc1. The van der Waals surface area contributed by atoms with Gasteiger partial charge >= 0.3 is 11.9 Å². The van der Waals surface area contributed by atoms with E-state index in [1.165, 1.54) is 34.3 Å². The molecule has 1 aliphatic rings. The minimum atomic E-state index is -0.829. The van der Waals surface area contributed by atoms with Gasteiger partial charge in [-0.3, -0.25) is 9.36 Å². The minimum Gasteiger partial charge on any atom is -0.490 e. The van der Waals surface area contributed by atoms with E-state index in [9.17, 15) is 14.4 Å². The van der Waals surface area contributed by atoms with Crippen LogP contribution in [0.4, 0.5) is 0 Å². The summed E-state index contributed by atoms with van der Waals surface area (Å²) in [6, 6.07) is 16.1. The van der Waals surface area contributed by atoms with Crippen molar-refractivity contribution >= 4 is 29.4 Å². The molecule has 2 aromatic carbocycles. The molecule has 0 bridgehead atoms. The van der Waals surface area contributed by atoms with E-state index >= 15 is 0 Å². The summed E-state index contributed by atoms with van der Waals surface area (Å²) >= 11 is 1.22. The van der Waals surface area contributed by atoms with Crippen molar-refractivity contribution < 1.29 is 28.2 Å². The summed E-state index contributed by atoms with van der Waals surface area (Å²) < 4.78 is 23.3. The number of furan rings is 1. The summed E-state index contributed by atoms with van der Waals surface area (Å²) in [5, 5.41) is 0. The molecular weight excluding hydrogens is 556 g/mol. The number of hydrogen-bond donors (Lipinski definition) is 0. The largest absolute Gasteiger partial charge is 0.490 e. The Balaban J connectivity index is 1.54. The number of ether oxygens (including phenoxy) is 3. The Bertz CT molecular complexity index is 1850. The topological polar surface area (TPSA) is 109 Å². The van der Waals surface area contributed by atoms with Gasteiger partial charge in [0.25, 0.3) is 5.56 Å². The molecule has 0 saturated carbocycles. The molecule has 2 aromatic heterocycles. The van der Waals surface area contributed by atoms with Crippen LogP contribution in [0.3, 0.4) is 0 Å². The number of nitrogens with zero attached hydrogens (tertiary/aromatic N) is 2. The Morgan fingerprint density at radius 1 is 1.00 bits per heavy atom. The Morgan fingerprint density at radius 2 is 1.71 bits per heavy atom. The van der Waals surface area contributed by atoms with Gasteiger partial charge in [0.2, 0.25) is 5.76 Å². The molecule has 42 heavy (non-hydrogen) atoms. The average molecular weight is 583 g/mol. The standard InChI is InChI=1S/C32H26N2O7S/c1-4-16-38-23-12-8-21(9-13-23)19-26-29(35)34-28(27(31(37)40-17-5-2)20(3)33-32(34)42-26)22-10-14-24(15-11-22)41-30(36)25-7-6-18-39-25/h4-15,18-19,28H,1-2,16-17H2,3H3/b26-19+/t28-/m0/s1. The molecule has 0 spiro atoms. The number of esters is 2. The number of carbonyl (C=O) groups is 2. The number of hydrogen-bond acceptors (Lipinski definition) is 9. The number of benzene rings is 2. The van der Waals surface area contributed by atoms with E-state index in [0.717, 1.165) is 5.56 Å². The molecule has 0 amide bonds. The lowest BCUT2D eigenvalue weighted by Gasteiger charge is -2.24. The lowest BCUT2D eigenvalue weighted by molar-refractivity contribution is -0.138. The zero-order chi connectivity index (χ0) is 29.6. The molecule has 1 aliphatic heterocycles. The van der Waals surface area contributed by atoms with Gasteiger partial charge in [-0.2, -0.15) is 0 Å². The van der Waals surface area contributed by atoms with Crippen LogP contribution < -0.4 is 24.4 Å². The third-order valence-electron chi connectivity index (χ3n) is 6.25. The van der Waals surface area contributed by atoms with Crippen molar-refractivity contribution in [3.8, 4) is 11.5 Å². The molecule has 10 heteroatoms. The Kier molecular flexibility index (Phi) is 8.44. The molecular formula is C32H26N2O7S. The van der Waals surface area contributed by atoms with E-state index < -0.39 is 18.0 Å². The Morgan fingerprint density at radius 3 is 2.38 bits per heavy atom. The van der Waals surface area contributed by atoms with Crippen LogP contribution in [0.25, 0.3) is 6.08 Å². The van der Waals surface area contributed by atoms with Crippen molar-refractivity contribution in [2.75, 3.05) is 13.2 Å². The molecule has 9 nitrogen and oxygen atoms in total. The number of thiazole rings is 1. The first-order chi connectivity index (χ1) is 20.4. The molecule has 3 heterocycles. The number of allylic oxidation sites excluding steroid dienone is 1. The van der Waals surface area contributed by atoms with E-state index in [4.69, 9.17) is 18.6 Å². The zero-order valence-corrected chi connectivity index (χ0v) is 23.5. The van der Waals surface area contributed by atoms with Crippen LogP contribution in [0.1, 0.15) is 34.6 Å². The van der Waals surface area contributed by atoms with E-state index in [-0.39, 0.29) is 29.2 Å². The second-order valence-electron chi connectivity index (χ2n) is 9.07. The van der Waals surface area contributed by atoms with Gasteiger partial charge in [0, 0.05) is 0 Å². The maximum absolute atomic E-state index is 13.8. The van der Waals surface area contributed by atoms with Crippen LogP contribution in [-0.2, 0) is 9.53 Å². The fourth-order valence-electron chi connectivity index (χ4n) is 4.35. The molecule has 0 aliphatic carbocycles. The molecule has 1 atom stereocenters. The average Bonchev–Trinajstić information content (AvgIpc) is 3.64. The maximum Gasteiger partial charge on any atom is 0.379 e. The zero-order valence-electron chi connectivity index (χ0n) is 22.6. The highest BCUT2D eigenvalue weighted by Gasteiger charge is 2.33. The van der Waals surface area contributed by atoms with Gasteiger partial charge in [-0.1, -0.05) is 60.9 Å².